The van der Waals surface area contributed by atoms with Crippen molar-refractivity contribution in [3.05, 3.63) is 65.7 Å². The monoisotopic (exact) mass is 338 g/mol. The minimum Gasteiger partial charge on any atom is -0.479 e. The average molecular weight is 338 g/mol. The van der Waals surface area contributed by atoms with Gasteiger partial charge in [-0.3, -0.25) is 5.43 Å². The van der Waals surface area contributed by atoms with Crippen molar-refractivity contribution in [1.82, 2.24) is 10.7 Å². The number of nitriles is 1. The summed E-state index contributed by atoms with van der Waals surface area (Å²) in [6.07, 6.45) is 0. The Morgan fingerprint density at radius 1 is 1.17 bits per heavy atom. The summed E-state index contributed by atoms with van der Waals surface area (Å²) in [5.41, 5.74) is 5.72. The molecular weight excluding hydrogens is 320 g/mol. The van der Waals surface area contributed by atoms with E-state index in [0.29, 0.717) is 17.4 Å². The maximum atomic E-state index is 8.49. The van der Waals surface area contributed by atoms with Crippen molar-refractivity contribution >= 4 is 23.0 Å². The number of hydrogen-bond acceptors (Lipinski definition) is 4. The van der Waals surface area contributed by atoms with Gasteiger partial charge >= 0.3 is 0 Å². The molecule has 2 rings (SSSR count). The molecule has 122 valence electrons. The highest BCUT2D eigenvalue weighted by Gasteiger charge is 2.00. The zero-order valence-electron chi connectivity index (χ0n) is 13.3. The molecule has 0 saturated heterocycles. The minimum atomic E-state index is 0.0370. The topological polar surface area (TPSA) is 69.4 Å². The molecule has 0 saturated carbocycles. The van der Waals surface area contributed by atoms with Crippen LogP contribution >= 0.6 is 12.2 Å². The van der Waals surface area contributed by atoms with Crippen LogP contribution in [0.3, 0.4) is 0 Å². The molecule has 0 atom stereocenters. The second-order valence-corrected chi connectivity index (χ2v) is 5.36. The van der Waals surface area contributed by atoms with Crippen molar-refractivity contribution in [2.45, 2.75) is 13.5 Å². The number of rotatable bonds is 6. The van der Waals surface area contributed by atoms with Crippen LogP contribution in [0.4, 0.5) is 0 Å². The first-order chi connectivity index (χ1) is 11.7. The summed E-state index contributed by atoms with van der Waals surface area (Å²) in [5.74, 6) is 0.654. The fourth-order valence-corrected chi connectivity index (χ4v) is 2.04. The number of hydrogen-bond donors (Lipinski definition) is 2. The highest BCUT2D eigenvalue weighted by Crippen LogP contribution is 2.12. The summed E-state index contributed by atoms with van der Waals surface area (Å²) in [5, 5.41) is 16.3. The second kappa shape index (κ2) is 9.28. The highest BCUT2D eigenvalue weighted by atomic mass is 32.1. The largest absolute Gasteiger partial charge is 0.479 e. The van der Waals surface area contributed by atoms with Crippen molar-refractivity contribution in [2.75, 3.05) is 6.61 Å². The minimum absolute atomic E-state index is 0.0370. The van der Waals surface area contributed by atoms with Crippen LogP contribution in [0.5, 0.6) is 5.75 Å². The summed E-state index contributed by atoms with van der Waals surface area (Å²) >= 11 is 5.21. The standard InChI is InChI=1S/C18H18N4OS/c1-14(16-7-9-17(10-8-16)23-12-11-19)21-22-18(24)20-13-15-5-3-2-4-6-15/h2-10H,12-13H2,1H3,(H2,20,22,24)/b21-14-. The van der Waals surface area contributed by atoms with E-state index in [2.05, 4.69) is 15.8 Å². The number of nitrogens with one attached hydrogen (secondary N) is 2. The van der Waals surface area contributed by atoms with Gasteiger partial charge in [0.2, 0.25) is 0 Å². The average Bonchev–Trinajstić information content (AvgIpc) is 2.64. The quantitative estimate of drug-likeness (QED) is 0.481. The molecule has 2 aromatic rings. The summed E-state index contributed by atoms with van der Waals surface area (Å²) in [4.78, 5) is 0. The van der Waals surface area contributed by atoms with Gasteiger partial charge in [0.05, 0.1) is 5.71 Å². The van der Waals surface area contributed by atoms with Crippen LogP contribution in [0.1, 0.15) is 18.1 Å². The van der Waals surface area contributed by atoms with Gasteiger partial charge in [-0.05, 0) is 54.5 Å². The van der Waals surface area contributed by atoms with E-state index in [9.17, 15) is 0 Å². The van der Waals surface area contributed by atoms with Gasteiger partial charge in [-0.2, -0.15) is 10.4 Å². The third-order valence-electron chi connectivity index (χ3n) is 3.20. The van der Waals surface area contributed by atoms with Crippen LogP contribution < -0.4 is 15.5 Å². The fraction of sp³-hybridized carbons (Fsp3) is 0.167. The van der Waals surface area contributed by atoms with Crippen molar-refractivity contribution < 1.29 is 4.74 Å². The van der Waals surface area contributed by atoms with Gasteiger partial charge in [0.1, 0.15) is 11.8 Å². The molecule has 0 aliphatic carbocycles. The van der Waals surface area contributed by atoms with E-state index in [4.69, 9.17) is 22.2 Å². The lowest BCUT2D eigenvalue weighted by Gasteiger charge is -2.08. The van der Waals surface area contributed by atoms with Crippen LogP contribution in [0.15, 0.2) is 59.7 Å². The summed E-state index contributed by atoms with van der Waals surface area (Å²) in [6.45, 7) is 2.57. The molecule has 0 heterocycles. The molecule has 0 unspecified atom stereocenters. The smallest absolute Gasteiger partial charge is 0.187 e. The molecule has 0 bridgehead atoms. The molecule has 0 fully saturated rings. The van der Waals surface area contributed by atoms with Gasteiger partial charge in [0.15, 0.2) is 11.7 Å². The first-order valence-electron chi connectivity index (χ1n) is 7.41. The maximum absolute atomic E-state index is 8.49. The Morgan fingerprint density at radius 3 is 2.54 bits per heavy atom. The van der Waals surface area contributed by atoms with Crippen LogP contribution in [0.25, 0.3) is 0 Å². The van der Waals surface area contributed by atoms with Gasteiger partial charge in [-0.15, -0.1) is 0 Å². The van der Waals surface area contributed by atoms with Crippen LogP contribution in [0, 0.1) is 11.3 Å². The van der Waals surface area contributed by atoms with E-state index in [-0.39, 0.29) is 6.61 Å². The predicted molar refractivity (Wildman–Crippen MR) is 98.8 cm³/mol. The third-order valence-corrected chi connectivity index (χ3v) is 3.43. The van der Waals surface area contributed by atoms with Gasteiger partial charge in [0, 0.05) is 6.54 Å². The van der Waals surface area contributed by atoms with Crippen molar-refractivity contribution in [2.24, 2.45) is 5.10 Å². The Kier molecular flexibility index (Phi) is 6.74. The van der Waals surface area contributed by atoms with E-state index in [0.717, 1.165) is 16.8 Å². The third kappa shape index (κ3) is 5.71. The fourth-order valence-electron chi connectivity index (χ4n) is 1.92. The number of thiocarbonyl (C=S) groups is 1. The molecule has 0 aromatic heterocycles. The van der Waals surface area contributed by atoms with Gasteiger partial charge < -0.3 is 10.1 Å². The SMILES string of the molecule is C/C(=N/NC(=S)NCc1ccccc1)c1ccc(OCC#N)cc1. The first-order valence-corrected chi connectivity index (χ1v) is 7.82. The van der Waals surface area contributed by atoms with E-state index < -0.39 is 0 Å². The van der Waals surface area contributed by atoms with E-state index >= 15 is 0 Å². The van der Waals surface area contributed by atoms with Crippen molar-refractivity contribution in [1.29, 1.82) is 5.26 Å². The van der Waals surface area contributed by atoms with E-state index in [1.807, 2.05) is 55.5 Å². The Bertz CT molecular complexity index is 736. The van der Waals surface area contributed by atoms with Gasteiger partial charge in [-0.1, -0.05) is 30.3 Å². The molecule has 0 radical (unpaired) electrons. The lowest BCUT2D eigenvalue weighted by atomic mass is 10.1. The summed E-state index contributed by atoms with van der Waals surface area (Å²) in [7, 11) is 0. The lowest BCUT2D eigenvalue weighted by molar-refractivity contribution is 0.368. The summed E-state index contributed by atoms with van der Waals surface area (Å²) in [6, 6.07) is 19.3. The van der Waals surface area contributed by atoms with Gasteiger partial charge in [0.25, 0.3) is 0 Å². The van der Waals surface area contributed by atoms with E-state index in [1.165, 1.54) is 0 Å². The molecular formula is C18H18N4OS. The predicted octanol–water partition coefficient (Wildman–Crippen LogP) is 2.98. The lowest BCUT2D eigenvalue weighted by Crippen LogP contribution is -2.32. The molecule has 0 amide bonds. The zero-order chi connectivity index (χ0) is 17.2. The number of ether oxygens (including phenoxy) is 1. The Balaban J connectivity index is 1.84. The Hall–Kier alpha value is -2.91. The zero-order valence-corrected chi connectivity index (χ0v) is 14.1. The normalized spacial score (nSPS) is 10.6. The van der Waals surface area contributed by atoms with Crippen molar-refractivity contribution in [3.63, 3.8) is 0 Å². The molecule has 0 spiro atoms. The van der Waals surface area contributed by atoms with Crippen LogP contribution in [0.2, 0.25) is 0 Å². The Labute approximate surface area is 147 Å². The maximum Gasteiger partial charge on any atom is 0.187 e. The molecule has 0 aliphatic heterocycles. The first kappa shape index (κ1) is 17.4. The molecule has 24 heavy (non-hydrogen) atoms. The number of nitrogens with zero attached hydrogens (tertiary/aromatic N) is 2. The Morgan fingerprint density at radius 2 is 1.88 bits per heavy atom. The number of benzene rings is 2. The highest BCUT2D eigenvalue weighted by molar-refractivity contribution is 7.80. The molecule has 2 N–H and O–H groups in total. The van der Waals surface area contributed by atoms with E-state index in [1.54, 1.807) is 12.1 Å². The molecule has 5 nitrogen and oxygen atoms in total. The van der Waals surface area contributed by atoms with Gasteiger partial charge in [-0.25, -0.2) is 0 Å². The van der Waals surface area contributed by atoms with Crippen molar-refractivity contribution in [3.8, 4) is 11.8 Å². The van der Waals surface area contributed by atoms with Crippen LogP contribution in [-0.4, -0.2) is 17.4 Å². The van der Waals surface area contributed by atoms with Crippen LogP contribution in [-0.2, 0) is 6.54 Å². The summed E-state index contributed by atoms with van der Waals surface area (Å²) < 4.78 is 5.21. The second-order valence-electron chi connectivity index (χ2n) is 4.95. The molecule has 2 aromatic carbocycles. The number of hydrazone groups is 1. The molecule has 6 heteroatoms. The molecule has 0 aliphatic rings.